The van der Waals surface area contributed by atoms with E-state index < -0.39 is 0 Å². The predicted octanol–water partition coefficient (Wildman–Crippen LogP) is 2.51. The van der Waals surface area contributed by atoms with Gasteiger partial charge in [0, 0.05) is 0 Å². The van der Waals surface area contributed by atoms with Gasteiger partial charge in [-0.25, -0.2) is 9.50 Å². The van der Waals surface area contributed by atoms with Crippen molar-refractivity contribution in [3.63, 3.8) is 0 Å². The van der Waals surface area contributed by atoms with Crippen LogP contribution in [0.4, 0.5) is 5.82 Å². The Morgan fingerprint density at radius 1 is 1.40 bits per heavy atom. The van der Waals surface area contributed by atoms with Crippen LogP contribution >= 0.6 is 0 Å². The lowest BCUT2D eigenvalue weighted by molar-refractivity contribution is -0.159. The van der Waals surface area contributed by atoms with Gasteiger partial charge in [0.25, 0.3) is 0 Å². The SMILES string of the molecule is CC1(C)CC(C(=O)OCC2CCC(c3ccc4c(N)ncnn34)O2)C1. The summed E-state index contributed by atoms with van der Waals surface area (Å²) >= 11 is 0. The second-order valence-corrected chi connectivity index (χ2v) is 7.92. The van der Waals surface area contributed by atoms with Crippen molar-refractivity contribution in [2.24, 2.45) is 11.3 Å². The summed E-state index contributed by atoms with van der Waals surface area (Å²) < 4.78 is 13.3. The van der Waals surface area contributed by atoms with Crippen LogP contribution in [0, 0.1) is 11.3 Å². The van der Waals surface area contributed by atoms with E-state index >= 15 is 0 Å². The van der Waals surface area contributed by atoms with Crippen LogP contribution < -0.4 is 5.73 Å². The van der Waals surface area contributed by atoms with Gasteiger partial charge in [-0.15, -0.1) is 0 Å². The van der Waals surface area contributed by atoms with Crippen LogP contribution in [0.1, 0.15) is 51.3 Å². The molecule has 4 rings (SSSR count). The number of carbonyl (C=O) groups is 1. The van der Waals surface area contributed by atoms with Crippen LogP contribution in [0.15, 0.2) is 18.5 Å². The molecule has 0 aromatic carbocycles. The summed E-state index contributed by atoms with van der Waals surface area (Å²) in [6, 6.07) is 3.87. The van der Waals surface area contributed by atoms with Crippen molar-refractivity contribution >= 4 is 17.3 Å². The Morgan fingerprint density at radius 2 is 2.20 bits per heavy atom. The van der Waals surface area contributed by atoms with E-state index in [4.69, 9.17) is 15.2 Å². The van der Waals surface area contributed by atoms with Gasteiger partial charge >= 0.3 is 5.97 Å². The van der Waals surface area contributed by atoms with E-state index in [1.165, 1.54) is 6.33 Å². The van der Waals surface area contributed by atoms with Gasteiger partial charge in [0.1, 0.15) is 24.6 Å². The highest BCUT2D eigenvalue weighted by Gasteiger charge is 2.41. The molecule has 2 aromatic heterocycles. The number of aromatic nitrogens is 3. The highest BCUT2D eigenvalue weighted by molar-refractivity contribution is 5.73. The zero-order valence-corrected chi connectivity index (χ0v) is 14.6. The molecule has 0 radical (unpaired) electrons. The number of nitrogens with zero attached hydrogens (tertiary/aromatic N) is 3. The van der Waals surface area contributed by atoms with E-state index in [0.717, 1.165) is 36.9 Å². The highest BCUT2D eigenvalue weighted by Crippen LogP contribution is 2.45. The summed E-state index contributed by atoms with van der Waals surface area (Å²) in [6.45, 7) is 4.69. The summed E-state index contributed by atoms with van der Waals surface area (Å²) in [5.74, 6) is 0.426. The molecule has 2 atom stereocenters. The molecule has 1 aliphatic carbocycles. The molecule has 2 aliphatic rings. The Bertz CT molecular complexity index is 793. The second kappa shape index (κ2) is 5.98. The minimum Gasteiger partial charge on any atom is -0.463 e. The first-order chi connectivity index (χ1) is 11.9. The molecule has 1 saturated carbocycles. The largest absolute Gasteiger partial charge is 0.463 e. The molecule has 0 spiro atoms. The van der Waals surface area contributed by atoms with E-state index in [9.17, 15) is 4.79 Å². The average Bonchev–Trinajstić information content (AvgIpc) is 3.17. The molecule has 7 nitrogen and oxygen atoms in total. The van der Waals surface area contributed by atoms with Crippen LogP contribution in [0.25, 0.3) is 5.52 Å². The molecule has 2 aromatic rings. The van der Waals surface area contributed by atoms with Crippen molar-refractivity contribution in [3.05, 3.63) is 24.2 Å². The summed E-state index contributed by atoms with van der Waals surface area (Å²) in [7, 11) is 0. The Morgan fingerprint density at radius 3 is 2.96 bits per heavy atom. The zero-order chi connectivity index (χ0) is 17.6. The topological polar surface area (TPSA) is 91.7 Å². The third kappa shape index (κ3) is 3.08. The lowest BCUT2D eigenvalue weighted by Crippen LogP contribution is -2.38. The maximum absolute atomic E-state index is 12.1. The number of ether oxygens (including phenoxy) is 2. The minimum absolute atomic E-state index is 0.0569. The number of hydrogen-bond acceptors (Lipinski definition) is 6. The number of nitrogen functional groups attached to an aromatic ring is 1. The highest BCUT2D eigenvalue weighted by atomic mass is 16.6. The van der Waals surface area contributed by atoms with Crippen molar-refractivity contribution in [2.45, 2.75) is 51.7 Å². The molecule has 0 bridgehead atoms. The van der Waals surface area contributed by atoms with E-state index in [1.807, 2.05) is 12.1 Å². The molecule has 7 heteroatoms. The van der Waals surface area contributed by atoms with Gasteiger partial charge in [0.15, 0.2) is 5.82 Å². The third-order valence-corrected chi connectivity index (χ3v) is 5.29. The van der Waals surface area contributed by atoms with E-state index in [-0.39, 0.29) is 29.5 Å². The van der Waals surface area contributed by atoms with E-state index in [0.29, 0.717) is 12.4 Å². The summed E-state index contributed by atoms with van der Waals surface area (Å²) in [5, 5.41) is 4.26. The normalized spacial score (nSPS) is 25.8. The van der Waals surface area contributed by atoms with Crippen LogP contribution in [-0.4, -0.2) is 33.3 Å². The van der Waals surface area contributed by atoms with Crippen molar-refractivity contribution in [1.82, 2.24) is 14.6 Å². The monoisotopic (exact) mass is 344 g/mol. The molecule has 2 unspecified atom stereocenters. The third-order valence-electron chi connectivity index (χ3n) is 5.29. The first kappa shape index (κ1) is 16.3. The van der Waals surface area contributed by atoms with E-state index in [1.54, 1.807) is 4.52 Å². The van der Waals surface area contributed by atoms with E-state index in [2.05, 4.69) is 23.9 Å². The number of rotatable bonds is 4. The Labute approximate surface area is 146 Å². The van der Waals surface area contributed by atoms with Crippen LogP contribution in [0.5, 0.6) is 0 Å². The van der Waals surface area contributed by atoms with Gasteiger partial charge in [0.2, 0.25) is 0 Å². The lowest BCUT2D eigenvalue weighted by Gasteiger charge is -2.40. The van der Waals surface area contributed by atoms with Crippen molar-refractivity contribution in [2.75, 3.05) is 12.3 Å². The van der Waals surface area contributed by atoms with Crippen LogP contribution in [0.2, 0.25) is 0 Å². The van der Waals surface area contributed by atoms with Gasteiger partial charge in [-0.3, -0.25) is 4.79 Å². The van der Waals surface area contributed by atoms with Crippen LogP contribution in [-0.2, 0) is 14.3 Å². The van der Waals surface area contributed by atoms with Gasteiger partial charge in [-0.05, 0) is 43.2 Å². The summed E-state index contributed by atoms with van der Waals surface area (Å²) in [5.41, 5.74) is 7.89. The van der Waals surface area contributed by atoms with Gasteiger partial charge in [0.05, 0.1) is 17.7 Å². The van der Waals surface area contributed by atoms with Crippen molar-refractivity contribution < 1.29 is 14.3 Å². The van der Waals surface area contributed by atoms with Crippen molar-refractivity contribution in [3.8, 4) is 0 Å². The molecule has 2 fully saturated rings. The molecule has 2 N–H and O–H groups in total. The average molecular weight is 344 g/mol. The number of hydrogen-bond donors (Lipinski definition) is 1. The molecule has 1 saturated heterocycles. The number of carbonyl (C=O) groups excluding carboxylic acids is 1. The van der Waals surface area contributed by atoms with Gasteiger partial charge < -0.3 is 15.2 Å². The molecular formula is C18H24N4O3. The smallest absolute Gasteiger partial charge is 0.309 e. The predicted molar refractivity (Wildman–Crippen MR) is 91.7 cm³/mol. The van der Waals surface area contributed by atoms with Crippen LogP contribution in [0.3, 0.4) is 0 Å². The second-order valence-electron chi connectivity index (χ2n) is 7.92. The van der Waals surface area contributed by atoms with Gasteiger partial charge in [-0.2, -0.15) is 5.10 Å². The molecule has 1 aliphatic heterocycles. The van der Waals surface area contributed by atoms with Gasteiger partial charge in [-0.1, -0.05) is 13.8 Å². The quantitative estimate of drug-likeness (QED) is 0.857. The maximum atomic E-state index is 12.1. The number of nitrogens with two attached hydrogens (primary N) is 1. The zero-order valence-electron chi connectivity index (χ0n) is 14.6. The fraction of sp³-hybridized carbons (Fsp3) is 0.611. The standard InChI is InChI=1S/C18H24N4O3/c1-18(2)7-11(8-18)17(23)24-9-12-3-6-15(25-12)13-4-5-14-16(19)20-10-21-22(13)14/h4-5,10-12,15H,3,6-9H2,1-2H3,(H2,19,20,21). The first-order valence-electron chi connectivity index (χ1n) is 8.83. The molecule has 25 heavy (non-hydrogen) atoms. The number of fused-ring (bicyclic) bond motifs is 1. The molecular weight excluding hydrogens is 320 g/mol. The number of anilines is 1. The Balaban J connectivity index is 1.34. The Hall–Kier alpha value is -2.15. The Kier molecular flexibility index (Phi) is 3.91. The molecule has 0 amide bonds. The summed E-state index contributed by atoms with van der Waals surface area (Å²) in [4.78, 5) is 16.1. The fourth-order valence-electron chi connectivity index (χ4n) is 4.00. The molecule has 3 heterocycles. The minimum atomic E-state index is -0.0833. The number of esters is 1. The maximum Gasteiger partial charge on any atom is 0.309 e. The molecule has 134 valence electrons. The first-order valence-corrected chi connectivity index (χ1v) is 8.83. The lowest BCUT2D eigenvalue weighted by atomic mass is 9.64. The summed E-state index contributed by atoms with van der Waals surface area (Å²) in [6.07, 6.45) is 4.88. The fourth-order valence-corrected chi connectivity index (χ4v) is 4.00. The van der Waals surface area contributed by atoms with Crippen molar-refractivity contribution in [1.29, 1.82) is 0 Å².